The molecule has 2 saturated heterocycles. The van der Waals surface area contributed by atoms with Crippen LogP contribution >= 0.6 is 11.3 Å². The van der Waals surface area contributed by atoms with Gasteiger partial charge in [0.05, 0.1) is 29.5 Å². The van der Waals surface area contributed by atoms with Gasteiger partial charge in [0, 0.05) is 61.6 Å². The molecule has 0 radical (unpaired) electrons. The fraction of sp³-hybridized carbons (Fsp3) is 0.692. The van der Waals surface area contributed by atoms with Gasteiger partial charge in [-0.2, -0.15) is 0 Å². The first-order valence-corrected chi connectivity index (χ1v) is 14.0. The second kappa shape index (κ2) is 10.0. The summed E-state index contributed by atoms with van der Waals surface area (Å²) in [5.41, 5.74) is 5.25. The maximum Gasteiger partial charge on any atom is 0.225 e. The van der Waals surface area contributed by atoms with E-state index in [1.54, 1.807) is 18.3 Å². The van der Waals surface area contributed by atoms with Crippen LogP contribution in [0.4, 0.5) is 0 Å². The van der Waals surface area contributed by atoms with Crippen molar-refractivity contribution in [1.29, 1.82) is 0 Å². The van der Waals surface area contributed by atoms with Crippen LogP contribution in [0.5, 0.6) is 0 Å². The third-order valence-electron chi connectivity index (χ3n) is 8.12. The van der Waals surface area contributed by atoms with Crippen molar-refractivity contribution in [3.8, 4) is 0 Å². The van der Waals surface area contributed by atoms with E-state index in [0.29, 0.717) is 24.7 Å². The standard InChI is InChI=1S/C26H38N6O2S/c1-16(2)26(34)30-9-8-25-23(13-30)28-17(3)32(25)21-11-19-5-6-20(12-21)31(19)10-7-22(29-18(4)33)24-14-35-15-27-24/h14-16,19-22H,5-13H2,1-4H3,(H,29,33)/t19?,20?,21?,22-/m0/s1. The molecule has 9 heteroatoms. The molecule has 2 fully saturated rings. The number of aryl methyl sites for hydroxylation is 1. The van der Waals surface area contributed by atoms with E-state index >= 15 is 0 Å². The molecule has 2 amide bonds. The largest absolute Gasteiger partial charge is 0.348 e. The van der Waals surface area contributed by atoms with E-state index in [4.69, 9.17) is 4.98 Å². The fourth-order valence-corrected chi connectivity index (χ4v) is 7.22. The molecule has 8 nitrogen and oxygen atoms in total. The average molecular weight is 499 g/mol. The predicted octanol–water partition coefficient (Wildman–Crippen LogP) is 3.62. The highest BCUT2D eigenvalue weighted by molar-refractivity contribution is 7.07. The molecule has 0 saturated carbocycles. The zero-order valence-corrected chi connectivity index (χ0v) is 22.2. The highest BCUT2D eigenvalue weighted by atomic mass is 32.1. The van der Waals surface area contributed by atoms with E-state index in [1.807, 2.05) is 29.6 Å². The van der Waals surface area contributed by atoms with E-state index in [9.17, 15) is 9.59 Å². The second-order valence-electron chi connectivity index (χ2n) is 10.8. The third kappa shape index (κ3) is 4.89. The van der Waals surface area contributed by atoms with Gasteiger partial charge < -0.3 is 14.8 Å². The van der Waals surface area contributed by atoms with E-state index in [2.05, 4.69) is 26.7 Å². The Morgan fingerprint density at radius 2 is 1.94 bits per heavy atom. The highest BCUT2D eigenvalue weighted by Crippen LogP contribution is 2.43. The van der Waals surface area contributed by atoms with Gasteiger partial charge in [-0.1, -0.05) is 13.8 Å². The van der Waals surface area contributed by atoms with Gasteiger partial charge in [0.2, 0.25) is 11.8 Å². The summed E-state index contributed by atoms with van der Waals surface area (Å²) in [6.07, 6.45) is 6.58. The van der Waals surface area contributed by atoms with Crippen molar-refractivity contribution in [2.24, 2.45) is 5.92 Å². The summed E-state index contributed by atoms with van der Waals surface area (Å²) in [6, 6.07) is 1.62. The molecule has 0 aliphatic carbocycles. The number of piperidine rings is 1. The SMILES string of the molecule is CC(=O)N[C@@H](CCN1C2CCC1CC(n1c(C)nc3c1CCN(C(=O)C(C)C)C3)C2)c1cscn1. The number of aromatic nitrogens is 3. The highest BCUT2D eigenvalue weighted by Gasteiger charge is 2.42. The van der Waals surface area contributed by atoms with Crippen LogP contribution < -0.4 is 5.32 Å². The summed E-state index contributed by atoms with van der Waals surface area (Å²) in [6.45, 7) is 10.1. The van der Waals surface area contributed by atoms with Crippen LogP contribution in [-0.4, -0.2) is 61.3 Å². The number of hydrogen-bond acceptors (Lipinski definition) is 6. The fourth-order valence-electron chi connectivity index (χ4n) is 6.61. The van der Waals surface area contributed by atoms with Crippen molar-refractivity contribution in [3.05, 3.63) is 33.8 Å². The molecular formula is C26H38N6O2S. The first-order chi connectivity index (χ1) is 16.8. The topological polar surface area (TPSA) is 83.4 Å². The van der Waals surface area contributed by atoms with Gasteiger partial charge in [-0.05, 0) is 39.0 Å². The Bertz CT molecular complexity index is 1050. The molecule has 0 spiro atoms. The maximum atomic E-state index is 12.5. The Kier molecular flexibility index (Phi) is 6.99. The van der Waals surface area contributed by atoms with E-state index < -0.39 is 0 Å². The lowest BCUT2D eigenvalue weighted by molar-refractivity contribution is -0.135. The number of imidazole rings is 1. The lowest BCUT2D eigenvalue weighted by Crippen LogP contribution is -2.45. The van der Waals surface area contributed by atoms with Crippen LogP contribution in [0.1, 0.15) is 87.9 Å². The summed E-state index contributed by atoms with van der Waals surface area (Å²) >= 11 is 1.58. The molecule has 3 aliphatic heterocycles. The average Bonchev–Trinajstić information content (AvgIpc) is 3.51. The summed E-state index contributed by atoms with van der Waals surface area (Å²) in [4.78, 5) is 38.4. The molecule has 2 unspecified atom stereocenters. The van der Waals surface area contributed by atoms with Gasteiger partial charge >= 0.3 is 0 Å². The van der Waals surface area contributed by atoms with Crippen molar-refractivity contribution in [3.63, 3.8) is 0 Å². The Labute approximate surface area is 212 Å². The van der Waals surface area contributed by atoms with E-state index in [0.717, 1.165) is 56.0 Å². The molecule has 3 atom stereocenters. The number of thiazole rings is 1. The minimum absolute atomic E-state index is 0.00121. The maximum absolute atomic E-state index is 12.5. The molecule has 5 heterocycles. The van der Waals surface area contributed by atoms with Crippen molar-refractivity contribution < 1.29 is 9.59 Å². The number of hydrogen-bond donors (Lipinski definition) is 1. The first-order valence-electron chi connectivity index (χ1n) is 13.1. The van der Waals surface area contributed by atoms with Crippen LogP contribution in [0.25, 0.3) is 0 Å². The van der Waals surface area contributed by atoms with Crippen molar-refractivity contribution in [2.45, 2.75) is 96.9 Å². The number of amides is 2. The van der Waals surface area contributed by atoms with Gasteiger partial charge in [-0.25, -0.2) is 9.97 Å². The number of carbonyl (C=O) groups excluding carboxylic acids is 2. The van der Waals surface area contributed by atoms with Gasteiger partial charge in [0.1, 0.15) is 5.82 Å². The van der Waals surface area contributed by atoms with Gasteiger partial charge in [-0.15, -0.1) is 11.3 Å². The van der Waals surface area contributed by atoms with E-state index in [1.165, 1.54) is 18.5 Å². The quantitative estimate of drug-likeness (QED) is 0.630. The van der Waals surface area contributed by atoms with Crippen LogP contribution in [-0.2, 0) is 22.6 Å². The van der Waals surface area contributed by atoms with Crippen LogP contribution in [0.2, 0.25) is 0 Å². The van der Waals surface area contributed by atoms with Crippen molar-refractivity contribution in [1.82, 2.24) is 29.7 Å². The Morgan fingerprint density at radius 1 is 1.20 bits per heavy atom. The minimum Gasteiger partial charge on any atom is -0.348 e. The zero-order chi connectivity index (χ0) is 24.7. The molecule has 2 bridgehead atoms. The van der Waals surface area contributed by atoms with Gasteiger partial charge in [0.15, 0.2) is 0 Å². The lowest BCUT2D eigenvalue weighted by atomic mass is 9.95. The molecule has 2 aromatic rings. The Hall–Kier alpha value is -2.26. The molecule has 5 rings (SSSR count). The molecular weight excluding hydrogens is 460 g/mol. The first kappa shape index (κ1) is 24.4. The predicted molar refractivity (Wildman–Crippen MR) is 136 cm³/mol. The monoisotopic (exact) mass is 498 g/mol. The molecule has 1 N–H and O–H groups in total. The van der Waals surface area contributed by atoms with Crippen LogP contribution in [0, 0.1) is 12.8 Å². The van der Waals surface area contributed by atoms with Gasteiger partial charge in [-0.3, -0.25) is 14.5 Å². The normalized spacial score (nSPS) is 25.1. The molecule has 190 valence electrons. The third-order valence-corrected chi connectivity index (χ3v) is 8.73. The number of nitrogens with zero attached hydrogens (tertiary/aromatic N) is 5. The summed E-state index contributed by atoms with van der Waals surface area (Å²) in [5, 5.41) is 5.15. The zero-order valence-electron chi connectivity index (χ0n) is 21.4. The second-order valence-corrected chi connectivity index (χ2v) is 11.5. The van der Waals surface area contributed by atoms with Crippen LogP contribution in [0.3, 0.4) is 0 Å². The van der Waals surface area contributed by atoms with Crippen molar-refractivity contribution >= 4 is 23.2 Å². The molecule has 0 aromatic carbocycles. The molecule has 3 aliphatic rings. The number of carbonyl (C=O) groups is 2. The summed E-state index contributed by atoms with van der Waals surface area (Å²) < 4.78 is 2.52. The number of fused-ring (bicyclic) bond motifs is 3. The van der Waals surface area contributed by atoms with Crippen LogP contribution in [0.15, 0.2) is 10.9 Å². The molecule has 35 heavy (non-hydrogen) atoms. The van der Waals surface area contributed by atoms with Crippen molar-refractivity contribution in [2.75, 3.05) is 13.1 Å². The number of rotatable bonds is 7. The van der Waals surface area contributed by atoms with Gasteiger partial charge in [0.25, 0.3) is 0 Å². The number of nitrogens with one attached hydrogen (secondary N) is 1. The smallest absolute Gasteiger partial charge is 0.225 e. The summed E-state index contributed by atoms with van der Waals surface area (Å²) in [7, 11) is 0. The summed E-state index contributed by atoms with van der Waals surface area (Å²) in [5.74, 6) is 1.35. The Morgan fingerprint density at radius 3 is 2.57 bits per heavy atom. The minimum atomic E-state index is -0.0183. The molecule has 2 aromatic heterocycles. The van der Waals surface area contributed by atoms with E-state index in [-0.39, 0.29) is 23.8 Å². The lowest BCUT2D eigenvalue weighted by Gasteiger charge is -2.41. The Balaban J connectivity index is 1.26.